The van der Waals surface area contributed by atoms with E-state index >= 15 is 0 Å². The number of aliphatic hydroxyl groups excluding tert-OH is 1. The van der Waals surface area contributed by atoms with E-state index < -0.39 is 10.2 Å². The van der Waals surface area contributed by atoms with Crippen LogP contribution in [0.25, 0.3) is 0 Å². The third-order valence-corrected chi connectivity index (χ3v) is 6.08. The van der Waals surface area contributed by atoms with Gasteiger partial charge in [-0.05, 0) is 31.6 Å². The number of nitrogens with zero attached hydrogens (tertiary/aromatic N) is 2. The molecule has 0 aromatic carbocycles. The second kappa shape index (κ2) is 6.32. The van der Waals surface area contributed by atoms with E-state index in [1.165, 1.54) is 0 Å². The first-order chi connectivity index (χ1) is 8.64. The highest BCUT2D eigenvalue weighted by atomic mass is 32.2. The maximum absolute atomic E-state index is 12.5. The molecule has 0 spiro atoms. The molecule has 0 unspecified atom stereocenters. The van der Waals surface area contributed by atoms with Crippen LogP contribution in [0.2, 0.25) is 0 Å². The maximum atomic E-state index is 12.5. The lowest BCUT2D eigenvalue weighted by atomic mass is 10.00. The third-order valence-electron chi connectivity index (χ3n) is 4.05. The normalized spacial score (nSPS) is 26.1. The topological polar surface area (TPSA) is 60.9 Å². The van der Waals surface area contributed by atoms with Crippen LogP contribution in [-0.2, 0) is 10.2 Å². The Hall–Kier alpha value is -0.170. The molecule has 1 N–H and O–H groups in total. The number of rotatable bonds is 3. The number of aliphatic hydroxyl groups is 1. The molecule has 2 saturated heterocycles. The summed E-state index contributed by atoms with van der Waals surface area (Å²) in [6.07, 6.45) is 5.79. The van der Waals surface area contributed by atoms with Crippen molar-refractivity contribution >= 4 is 10.2 Å². The van der Waals surface area contributed by atoms with Gasteiger partial charge in [-0.1, -0.05) is 12.8 Å². The molecule has 0 radical (unpaired) electrons. The summed E-state index contributed by atoms with van der Waals surface area (Å²) in [7, 11) is -3.26. The van der Waals surface area contributed by atoms with Crippen LogP contribution < -0.4 is 0 Å². The van der Waals surface area contributed by atoms with E-state index in [4.69, 9.17) is 5.11 Å². The molecule has 5 nitrogen and oxygen atoms in total. The molecular formula is C12H24N2O3S. The molecule has 6 heteroatoms. The van der Waals surface area contributed by atoms with Crippen molar-refractivity contribution in [3.63, 3.8) is 0 Å². The highest BCUT2D eigenvalue weighted by Crippen LogP contribution is 2.22. The average molecular weight is 276 g/mol. The van der Waals surface area contributed by atoms with Crippen molar-refractivity contribution < 1.29 is 13.5 Å². The minimum absolute atomic E-state index is 0.178. The smallest absolute Gasteiger partial charge is 0.281 e. The molecule has 18 heavy (non-hydrogen) atoms. The zero-order valence-corrected chi connectivity index (χ0v) is 11.7. The van der Waals surface area contributed by atoms with E-state index in [1.54, 1.807) is 8.61 Å². The molecule has 2 aliphatic heterocycles. The fraction of sp³-hybridized carbons (Fsp3) is 1.00. The molecule has 0 saturated carbocycles. The fourth-order valence-corrected chi connectivity index (χ4v) is 4.48. The first-order valence-corrected chi connectivity index (χ1v) is 8.40. The van der Waals surface area contributed by atoms with Crippen LogP contribution in [0.1, 0.15) is 38.5 Å². The molecule has 2 aliphatic rings. The van der Waals surface area contributed by atoms with E-state index in [9.17, 15) is 8.42 Å². The lowest BCUT2D eigenvalue weighted by Crippen LogP contribution is -2.47. The van der Waals surface area contributed by atoms with Crippen LogP contribution >= 0.6 is 0 Å². The SMILES string of the molecule is O=S(=O)(N1CCCCCC1)N1CCC(CO)CC1. The van der Waals surface area contributed by atoms with Crippen molar-refractivity contribution in [3.05, 3.63) is 0 Å². The van der Waals surface area contributed by atoms with E-state index in [0.29, 0.717) is 26.2 Å². The predicted molar refractivity (Wildman–Crippen MR) is 70.3 cm³/mol. The van der Waals surface area contributed by atoms with Gasteiger partial charge in [0.2, 0.25) is 0 Å². The van der Waals surface area contributed by atoms with E-state index in [0.717, 1.165) is 38.5 Å². The summed E-state index contributed by atoms with van der Waals surface area (Å²) in [6, 6.07) is 0. The van der Waals surface area contributed by atoms with Crippen LogP contribution in [0, 0.1) is 5.92 Å². The van der Waals surface area contributed by atoms with Crippen molar-refractivity contribution in [3.8, 4) is 0 Å². The summed E-state index contributed by atoms with van der Waals surface area (Å²) in [5, 5.41) is 9.09. The average Bonchev–Trinajstić information content (AvgIpc) is 2.68. The Bertz CT molecular complexity index is 342. The lowest BCUT2D eigenvalue weighted by molar-refractivity contribution is 0.166. The lowest BCUT2D eigenvalue weighted by Gasteiger charge is -2.34. The monoisotopic (exact) mass is 276 g/mol. The van der Waals surface area contributed by atoms with Crippen LogP contribution in [0.15, 0.2) is 0 Å². The first kappa shape index (κ1) is 14.2. The molecular weight excluding hydrogens is 252 g/mol. The maximum Gasteiger partial charge on any atom is 0.281 e. The predicted octanol–water partition coefficient (Wildman–Crippen LogP) is 0.811. The molecule has 0 aromatic heterocycles. The van der Waals surface area contributed by atoms with Gasteiger partial charge in [-0.25, -0.2) is 0 Å². The summed E-state index contributed by atoms with van der Waals surface area (Å²) in [5.74, 6) is 0.278. The van der Waals surface area contributed by atoms with Crippen molar-refractivity contribution in [1.29, 1.82) is 0 Å². The van der Waals surface area contributed by atoms with Crippen LogP contribution in [-0.4, -0.2) is 54.9 Å². The standard InChI is InChI=1S/C12H24N2O3S/c15-11-12-5-9-14(10-6-12)18(16,17)13-7-3-1-2-4-8-13/h12,15H,1-11H2. The Morgan fingerprint density at radius 3 is 1.89 bits per heavy atom. The Kier molecular flexibility index (Phi) is 5.00. The zero-order valence-electron chi connectivity index (χ0n) is 10.9. The second-order valence-corrected chi connectivity index (χ2v) is 7.27. The van der Waals surface area contributed by atoms with Gasteiger partial charge >= 0.3 is 0 Å². The first-order valence-electron chi connectivity index (χ1n) is 7.00. The van der Waals surface area contributed by atoms with Gasteiger partial charge in [-0.15, -0.1) is 0 Å². The number of hydrogen-bond acceptors (Lipinski definition) is 3. The molecule has 2 fully saturated rings. The van der Waals surface area contributed by atoms with E-state index in [1.807, 2.05) is 0 Å². The summed E-state index contributed by atoms with van der Waals surface area (Å²) in [6.45, 7) is 2.64. The molecule has 2 heterocycles. The van der Waals surface area contributed by atoms with Crippen molar-refractivity contribution in [1.82, 2.24) is 8.61 Å². The third kappa shape index (κ3) is 3.23. The minimum Gasteiger partial charge on any atom is -0.396 e. The van der Waals surface area contributed by atoms with Gasteiger partial charge in [0.05, 0.1) is 0 Å². The Balaban J connectivity index is 1.97. The largest absolute Gasteiger partial charge is 0.396 e. The Labute approximate surface area is 110 Å². The number of hydrogen-bond donors (Lipinski definition) is 1. The molecule has 0 amide bonds. The Morgan fingerprint density at radius 2 is 1.39 bits per heavy atom. The Morgan fingerprint density at radius 1 is 0.889 bits per heavy atom. The van der Waals surface area contributed by atoms with Gasteiger partial charge in [-0.3, -0.25) is 0 Å². The van der Waals surface area contributed by atoms with Gasteiger partial charge in [0.1, 0.15) is 0 Å². The van der Waals surface area contributed by atoms with Gasteiger partial charge in [-0.2, -0.15) is 17.0 Å². The molecule has 106 valence electrons. The van der Waals surface area contributed by atoms with E-state index in [2.05, 4.69) is 0 Å². The summed E-state index contributed by atoms with van der Waals surface area (Å²) in [5.41, 5.74) is 0. The van der Waals surface area contributed by atoms with Crippen molar-refractivity contribution in [2.75, 3.05) is 32.8 Å². The summed E-state index contributed by atoms with van der Waals surface area (Å²) < 4.78 is 28.2. The quantitative estimate of drug-likeness (QED) is 0.830. The van der Waals surface area contributed by atoms with Crippen LogP contribution in [0.4, 0.5) is 0 Å². The van der Waals surface area contributed by atoms with Gasteiger partial charge in [0.15, 0.2) is 0 Å². The summed E-state index contributed by atoms with van der Waals surface area (Å²) >= 11 is 0. The second-order valence-electron chi connectivity index (χ2n) is 5.35. The van der Waals surface area contributed by atoms with Crippen LogP contribution in [0.5, 0.6) is 0 Å². The molecule has 0 aromatic rings. The van der Waals surface area contributed by atoms with Gasteiger partial charge in [0, 0.05) is 32.8 Å². The van der Waals surface area contributed by atoms with Crippen molar-refractivity contribution in [2.45, 2.75) is 38.5 Å². The molecule has 0 bridgehead atoms. The number of piperidine rings is 1. The fourth-order valence-electron chi connectivity index (χ4n) is 2.76. The van der Waals surface area contributed by atoms with Crippen molar-refractivity contribution in [2.24, 2.45) is 5.92 Å². The zero-order chi connectivity index (χ0) is 13.0. The molecule has 2 rings (SSSR count). The highest BCUT2D eigenvalue weighted by Gasteiger charge is 2.32. The summed E-state index contributed by atoms with van der Waals surface area (Å²) in [4.78, 5) is 0. The van der Waals surface area contributed by atoms with E-state index in [-0.39, 0.29) is 12.5 Å². The van der Waals surface area contributed by atoms with Gasteiger partial charge in [0.25, 0.3) is 10.2 Å². The van der Waals surface area contributed by atoms with Gasteiger partial charge < -0.3 is 5.11 Å². The van der Waals surface area contributed by atoms with Crippen LogP contribution in [0.3, 0.4) is 0 Å². The molecule has 0 aliphatic carbocycles. The molecule has 0 atom stereocenters. The minimum atomic E-state index is -3.26. The highest BCUT2D eigenvalue weighted by molar-refractivity contribution is 7.86.